The SMILES string of the molecule is CC(=O)Nc1cccc2c1CC(CN(C)C)CN2C(=O)[C@@H](Cc1c[nH]c2ccccc12)NC(=O)N1CCN(C(=O)C(F)(F)F)CC1. The number of aromatic nitrogens is 1. The quantitative estimate of drug-likeness (QED) is 0.366. The lowest BCUT2D eigenvalue weighted by molar-refractivity contribution is -0.186. The molecule has 5 rings (SSSR count). The van der Waals surface area contributed by atoms with E-state index in [1.54, 1.807) is 23.2 Å². The van der Waals surface area contributed by atoms with Crippen molar-refractivity contribution in [1.82, 2.24) is 25.0 Å². The largest absolute Gasteiger partial charge is 0.471 e. The van der Waals surface area contributed by atoms with Gasteiger partial charge in [-0.15, -0.1) is 0 Å². The molecule has 0 aliphatic carbocycles. The Bertz CT molecular complexity index is 1610. The third-order valence-corrected chi connectivity index (χ3v) is 8.37. The molecule has 14 heteroatoms. The van der Waals surface area contributed by atoms with Crippen molar-refractivity contribution in [2.24, 2.45) is 5.92 Å². The Kier molecular flexibility index (Phi) is 9.56. The minimum atomic E-state index is -4.99. The molecule has 2 aliphatic rings. The summed E-state index contributed by atoms with van der Waals surface area (Å²) < 4.78 is 38.9. The molecule has 2 aromatic carbocycles. The van der Waals surface area contributed by atoms with E-state index in [9.17, 15) is 32.3 Å². The number of halogens is 3. The predicted molar refractivity (Wildman–Crippen MR) is 167 cm³/mol. The number of nitrogens with one attached hydrogen (secondary N) is 3. The molecule has 0 radical (unpaired) electrons. The van der Waals surface area contributed by atoms with Gasteiger partial charge in [0.05, 0.1) is 0 Å². The van der Waals surface area contributed by atoms with Crippen molar-refractivity contribution in [2.75, 3.05) is 63.6 Å². The molecule has 5 amide bonds. The number of carbonyl (C=O) groups excluding carboxylic acids is 4. The summed E-state index contributed by atoms with van der Waals surface area (Å²) >= 11 is 0. The fourth-order valence-corrected chi connectivity index (χ4v) is 6.35. The van der Waals surface area contributed by atoms with E-state index in [4.69, 9.17) is 0 Å². The smallest absolute Gasteiger partial charge is 0.361 e. The lowest BCUT2D eigenvalue weighted by atomic mass is 9.89. The molecule has 2 atom stereocenters. The highest BCUT2D eigenvalue weighted by molar-refractivity contribution is 6.02. The zero-order valence-corrected chi connectivity index (χ0v) is 26.0. The standard InChI is InChI=1S/C32H38F3N7O4/c1-20(43)37-26-9-6-10-28-24(26)15-21(18-39(2)3)19-42(28)29(44)27(16-22-17-36-25-8-5-4-7-23(22)25)38-31(46)41-13-11-40(12-14-41)30(45)32(33,34)35/h4-10,17,21,27,36H,11-16,18-19H2,1-3H3,(H,37,43)(H,38,46)/t21?,27-/m1/s1. The van der Waals surface area contributed by atoms with E-state index in [-0.39, 0.29) is 50.3 Å². The highest BCUT2D eigenvalue weighted by Gasteiger charge is 2.44. The lowest BCUT2D eigenvalue weighted by Crippen LogP contribution is -2.59. The van der Waals surface area contributed by atoms with Gasteiger partial charge in [0, 0.05) is 81.1 Å². The minimum Gasteiger partial charge on any atom is -0.361 e. The van der Waals surface area contributed by atoms with Gasteiger partial charge in [-0.1, -0.05) is 24.3 Å². The molecular weight excluding hydrogens is 603 g/mol. The molecule has 246 valence electrons. The van der Waals surface area contributed by atoms with E-state index in [0.717, 1.165) is 22.0 Å². The van der Waals surface area contributed by atoms with E-state index >= 15 is 0 Å². The Morgan fingerprint density at radius 2 is 1.70 bits per heavy atom. The Hall–Kier alpha value is -4.59. The van der Waals surface area contributed by atoms with Crippen LogP contribution in [0.15, 0.2) is 48.7 Å². The number of anilines is 2. The molecule has 46 heavy (non-hydrogen) atoms. The summed E-state index contributed by atoms with van der Waals surface area (Å²) in [6, 6.07) is 11.4. The fourth-order valence-electron chi connectivity index (χ4n) is 6.35. The number of fused-ring (bicyclic) bond motifs is 2. The number of H-pyrrole nitrogens is 1. The van der Waals surface area contributed by atoms with Crippen LogP contribution in [0.2, 0.25) is 0 Å². The molecule has 2 aliphatic heterocycles. The number of hydrogen-bond donors (Lipinski definition) is 3. The van der Waals surface area contributed by atoms with Crippen molar-refractivity contribution in [3.05, 3.63) is 59.8 Å². The summed E-state index contributed by atoms with van der Waals surface area (Å²) in [6.07, 6.45) is -2.41. The van der Waals surface area contributed by atoms with Crippen LogP contribution in [-0.4, -0.2) is 109 Å². The van der Waals surface area contributed by atoms with Gasteiger partial charge < -0.3 is 35.2 Å². The number of amides is 5. The first-order chi connectivity index (χ1) is 21.8. The lowest BCUT2D eigenvalue weighted by Gasteiger charge is -2.39. The third-order valence-electron chi connectivity index (χ3n) is 8.37. The summed E-state index contributed by atoms with van der Waals surface area (Å²) in [5.41, 5.74) is 3.77. The van der Waals surface area contributed by atoms with Crippen molar-refractivity contribution in [1.29, 1.82) is 0 Å². The van der Waals surface area contributed by atoms with Crippen molar-refractivity contribution < 1.29 is 32.3 Å². The molecule has 1 unspecified atom stereocenters. The molecule has 3 heterocycles. The monoisotopic (exact) mass is 641 g/mol. The Morgan fingerprint density at radius 1 is 1.00 bits per heavy atom. The number of benzene rings is 2. The number of hydrogen-bond acceptors (Lipinski definition) is 5. The van der Waals surface area contributed by atoms with Gasteiger partial charge in [0.25, 0.3) is 0 Å². The van der Waals surface area contributed by atoms with Crippen LogP contribution in [0.4, 0.5) is 29.3 Å². The highest BCUT2D eigenvalue weighted by atomic mass is 19.4. The summed E-state index contributed by atoms with van der Waals surface area (Å²) in [6.45, 7) is 1.71. The van der Waals surface area contributed by atoms with Gasteiger partial charge in [0.2, 0.25) is 11.8 Å². The van der Waals surface area contributed by atoms with E-state index in [1.807, 2.05) is 49.3 Å². The molecule has 0 spiro atoms. The van der Waals surface area contributed by atoms with Crippen LogP contribution < -0.4 is 15.5 Å². The second kappa shape index (κ2) is 13.4. The van der Waals surface area contributed by atoms with Gasteiger partial charge >= 0.3 is 18.1 Å². The first-order valence-corrected chi connectivity index (χ1v) is 15.1. The number of rotatable bonds is 7. The zero-order chi connectivity index (χ0) is 33.2. The minimum absolute atomic E-state index is 0.0324. The summed E-state index contributed by atoms with van der Waals surface area (Å²) in [5.74, 6) is -2.49. The average Bonchev–Trinajstić information content (AvgIpc) is 3.41. The van der Waals surface area contributed by atoms with Crippen molar-refractivity contribution in [2.45, 2.75) is 32.0 Å². The second-order valence-corrected chi connectivity index (χ2v) is 12.1. The molecule has 0 bridgehead atoms. The molecule has 1 aromatic heterocycles. The van der Waals surface area contributed by atoms with Gasteiger partial charge in [-0.2, -0.15) is 13.2 Å². The second-order valence-electron chi connectivity index (χ2n) is 12.1. The summed E-state index contributed by atoms with van der Waals surface area (Å²) in [5, 5.41) is 6.64. The van der Waals surface area contributed by atoms with Gasteiger partial charge in [0.15, 0.2) is 0 Å². The van der Waals surface area contributed by atoms with E-state index in [0.29, 0.717) is 35.8 Å². The number of piperazine rings is 1. The number of para-hydroxylation sites is 1. The van der Waals surface area contributed by atoms with Crippen LogP contribution in [0, 0.1) is 5.92 Å². The Labute approximate surface area is 264 Å². The maximum absolute atomic E-state index is 14.6. The first-order valence-electron chi connectivity index (χ1n) is 15.1. The maximum atomic E-state index is 14.6. The van der Waals surface area contributed by atoms with Crippen LogP contribution in [0.5, 0.6) is 0 Å². The third kappa shape index (κ3) is 7.27. The number of urea groups is 1. The van der Waals surface area contributed by atoms with E-state index in [1.165, 1.54) is 11.8 Å². The van der Waals surface area contributed by atoms with Crippen LogP contribution >= 0.6 is 0 Å². The normalized spacial score (nSPS) is 17.5. The Morgan fingerprint density at radius 3 is 2.37 bits per heavy atom. The number of carbonyl (C=O) groups is 4. The van der Waals surface area contributed by atoms with Crippen LogP contribution in [0.1, 0.15) is 18.1 Å². The molecule has 3 N–H and O–H groups in total. The number of aromatic amines is 1. The van der Waals surface area contributed by atoms with Crippen LogP contribution in [0.25, 0.3) is 10.9 Å². The van der Waals surface area contributed by atoms with Crippen molar-refractivity contribution >= 4 is 46.0 Å². The Balaban J connectivity index is 1.44. The highest BCUT2D eigenvalue weighted by Crippen LogP contribution is 2.36. The summed E-state index contributed by atoms with van der Waals surface area (Å²) in [4.78, 5) is 60.7. The molecule has 1 fully saturated rings. The van der Waals surface area contributed by atoms with Crippen LogP contribution in [-0.2, 0) is 27.2 Å². The molecule has 11 nitrogen and oxygen atoms in total. The number of nitrogens with zero attached hydrogens (tertiary/aromatic N) is 4. The van der Waals surface area contributed by atoms with E-state index in [2.05, 4.69) is 15.6 Å². The molecule has 3 aromatic rings. The van der Waals surface area contributed by atoms with Gasteiger partial charge in [-0.25, -0.2) is 4.79 Å². The van der Waals surface area contributed by atoms with Gasteiger partial charge in [-0.05, 0) is 55.8 Å². The zero-order valence-electron chi connectivity index (χ0n) is 26.0. The average molecular weight is 642 g/mol. The maximum Gasteiger partial charge on any atom is 0.471 e. The fraction of sp³-hybridized carbons (Fsp3) is 0.438. The molecule has 0 saturated carbocycles. The number of alkyl halides is 3. The summed E-state index contributed by atoms with van der Waals surface area (Å²) in [7, 11) is 3.90. The van der Waals surface area contributed by atoms with Crippen molar-refractivity contribution in [3.8, 4) is 0 Å². The van der Waals surface area contributed by atoms with Gasteiger partial charge in [-0.3, -0.25) is 14.4 Å². The predicted octanol–water partition coefficient (Wildman–Crippen LogP) is 3.22. The topological polar surface area (TPSA) is 121 Å². The van der Waals surface area contributed by atoms with Crippen molar-refractivity contribution in [3.63, 3.8) is 0 Å². The molecule has 1 saturated heterocycles. The first kappa shape index (κ1) is 32.8. The van der Waals surface area contributed by atoms with Crippen LogP contribution in [0.3, 0.4) is 0 Å². The van der Waals surface area contributed by atoms with Gasteiger partial charge in [0.1, 0.15) is 6.04 Å². The molecular formula is C32H38F3N7O4. The van der Waals surface area contributed by atoms with E-state index < -0.39 is 24.2 Å².